The van der Waals surface area contributed by atoms with E-state index in [1.165, 1.54) is 4.88 Å². The minimum absolute atomic E-state index is 0. The summed E-state index contributed by atoms with van der Waals surface area (Å²) in [6.07, 6.45) is 1.89. The van der Waals surface area contributed by atoms with E-state index in [0.717, 1.165) is 35.4 Å². The zero-order valence-electron chi connectivity index (χ0n) is 14.6. The first-order chi connectivity index (χ1) is 11.1. The van der Waals surface area contributed by atoms with E-state index < -0.39 is 0 Å². The minimum atomic E-state index is 0. The second-order valence-corrected chi connectivity index (χ2v) is 6.52. The third-order valence-corrected chi connectivity index (χ3v) is 4.23. The summed E-state index contributed by atoms with van der Waals surface area (Å²) in [4.78, 5) is 12.4. The average molecular weight is 460 g/mol. The molecule has 0 unspecified atom stereocenters. The van der Waals surface area contributed by atoms with Gasteiger partial charge in [-0.2, -0.15) is 0 Å². The van der Waals surface area contributed by atoms with Gasteiger partial charge in [-0.05, 0) is 19.9 Å². The molecule has 1 aromatic carbocycles. The van der Waals surface area contributed by atoms with E-state index in [4.69, 9.17) is 4.74 Å². The summed E-state index contributed by atoms with van der Waals surface area (Å²) in [6.45, 7) is 6.28. The highest BCUT2D eigenvalue weighted by Gasteiger charge is 2.10. The SMILES string of the molecule is CCNC(=NCc1ncc(C)s1)N(C)Cc1ccccc1OC.I. The molecule has 0 aliphatic heterocycles. The number of halogens is 1. The summed E-state index contributed by atoms with van der Waals surface area (Å²) in [5.41, 5.74) is 1.13. The van der Waals surface area contributed by atoms with Crippen LogP contribution in [0.25, 0.3) is 0 Å². The number of nitrogens with one attached hydrogen (secondary N) is 1. The molecule has 0 spiro atoms. The van der Waals surface area contributed by atoms with Crippen LogP contribution in [0.2, 0.25) is 0 Å². The van der Waals surface area contributed by atoms with Gasteiger partial charge in [0, 0.05) is 36.8 Å². The Balaban J connectivity index is 0.00000288. The fraction of sp³-hybridized carbons (Fsp3) is 0.412. The summed E-state index contributed by atoms with van der Waals surface area (Å²) in [7, 11) is 3.73. The normalized spacial score (nSPS) is 10.9. The van der Waals surface area contributed by atoms with Gasteiger partial charge in [-0.1, -0.05) is 18.2 Å². The van der Waals surface area contributed by atoms with Gasteiger partial charge in [-0.15, -0.1) is 35.3 Å². The van der Waals surface area contributed by atoms with E-state index in [2.05, 4.69) is 40.1 Å². The quantitative estimate of drug-likeness (QED) is 0.406. The molecule has 24 heavy (non-hydrogen) atoms. The van der Waals surface area contributed by atoms with Gasteiger partial charge in [-0.25, -0.2) is 9.98 Å². The first-order valence-electron chi connectivity index (χ1n) is 7.66. The van der Waals surface area contributed by atoms with Gasteiger partial charge < -0.3 is 15.0 Å². The van der Waals surface area contributed by atoms with E-state index in [9.17, 15) is 0 Å². The highest BCUT2D eigenvalue weighted by Crippen LogP contribution is 2.19. The number of methoxy groups -OCH3 is 1. The predicted molar refractivity (Wildman–Crippen MR) is 112 cm³/mol. The molecule has 7 heteroatoms. The summed E-state index contributed by atoms with van der Waals surface area (Å²) >= 11 is 1.69. The van der Waals surface area contributed by atoms with Gasteiger partial charge in [0.15, 0.2) is 5.96 Å². The zero-order valence-corrected chi connectivity index (χ0v) is 17.7. The highest BCUT2D eigenvalue weighted by atomic mass is 127. The van der Waals surface area contributed by atoms with Gasteiger partial charge >= 0.3 is 0 Å². The Morgan fingerprint density at radius 2 is 2.12 bits per heavy atom. The average Bonchev–Trinajstić information content (AvgIpc) is 2.97. The monoisotopic (exact) mass is 460 g/mol. The number of rotatable bonds is 6. The number of hydrogen-bond acceptors (Lipinski definition) is 4. The van der Waals surface area contributed by atoms with Crippen molar-refractivity contribution >= 4 is 41.3 Å². The molecule has 0 saturated carbocycles. The molecule has 0 amide bonds. The van der Waals surface area contributed by atoms with Crippen LogP contribution in [0.4, 0.5) is 0 Å². The van der Waals surface area contributed by atoms with Crippen molar-refractivity contribution in [2.75, 3.05) is 20.7 Å². The lowest BCUT2D eigenvalue weighted by Gasteiger charge is -2.23. The number of guanidine groups is 1. The van der Waals surface area contributed by atoms with E-state index in [1.807, 2.05) is 31.4 Å². The second-order valence-electron chi connectivity index (χ2n) is 5.20. The van der Waals surface area contributed by atoms with Crippen molar-refractivity contribution in [3.63, 3.8) is 0 Å². The Morgan fingerprint density at radius 1 is 1.38 bits per heavy atom. The number of ether oxygens (including phenoxy) is 1. The molecular weight excluding hydrogens is 435 g/mol. The van der Waals surface area contributed by atoms with E-state index >= 15 is 0 Å². The van der Waals surface area contributed by atoms with Crippen molar-refractivity contribution in [2.45, 2.75) is 26.9 Å². The smallest absolute Gasteiger partial charge is 0.194 e. The van der Waals surface area contributed by atoms with Gasteiger partial charge in [0.1, 0.15) is 10.8 Å². The van der Waals surface area contributed by atoms with Crippen molar-refractivity contribution in [1.82, 2.24) is 15.2 Å². The van der Waals surface area contributed by atoms with E-state index in [0.29, 0.717) is 6.54 Å². The molecule has 0 bridgehead atoms. The molecule has 0 aliphatic carbocycles. The molecule has 0 radical (unpaired) electrons. The van der Waals surface area contributed by atoms with Crippen LogP contribution in [-0.4, -0.2) is 36.5 Å². The van der Waals surface area contributed by atoms with Crippen LogP contribution in [0.15, 0.2) is 35.5 Å². The topological polar surface area (TPSA) is 49.8 Å². The number of aliphatic imine (C=N–C) groups is 1. The van der Waals surface area contributed by atoms with Gasteiger partial charge in [0.05, 0.1) is 13.7 Å². The van der Waals surface area contributed by atoms with Crippen molar-refractivity contribution in [3.8, 4) is 5.75 Å². The van der Waals surface area contributed by atoms with Crippen LogP contribution in [0, 0.1) is 6.92 Å². The number of aromatic nitrogens is 1. The molecule has 2 aromatic rings. The summed E-state index contributed by atoms with van der Waals surface area (Å²) in [5.74, 6) is 1.76. The van der Waals surface area contributed by atoms with Crippen LogP contribution in [0.3, 0.4) is 0 Å². The maximum Gasteiger partial charge on any atom is 0.194 e. The molecule has 1 heterocycles. The van der Waals surface area contributed by atoms with Crippen molar-refractivity contribution in [1.29, 1.82) is 0 Å². The lowest BCUT2D eigenvalue weighted by atomic mass is 10.2. The largest absolute Gasteiger partial charge is 0.496 e. The molecule has 1 aromatic heterocycles. The van der Waals surface area contributed by atoms with Crippen LogP contribution in [0.1, 0.15) is 22.4 Å². The maximum absolute atomic E-state index is 5.42. The highest BCUT2D eigenvalue weighted by molar-refractivity contribution is 14.0. The number of nitrogens with zero attached hydrogens (tertiary/aromatic N) is 3. The Labute approximate surface area is 165 Å². The molecule has 0 fully saturated rings. The van der Waals surface area contributed by atoms with Crippen LogP contribution < -0.4 is 10.1 Å². The fourth-order valence-corrected chi connectivity index (χ4v) is 2.96. The van der Waals surface area contributed by atoms with Gasteiger partial charge in [0.2, 0.25) is 0 Å². The molecular formula is C17H25IN4OS. The van der Waals surface area contributed by atoms with Crippen molar-refractivity contribution in [3.05, 3.63) is 45.9 Å². The fourth-order valence-electron chi connectivity index (χ4n) is 2.25. The minimum Gasteiger partial charge on any atom is -0.496 e. The van der Waals surface area contributed by atoms with Crippen LogP contribution in [-0.2, 0) is 13.1 Å². The van der Waals surface area contributed by atoms with Gasteiger partial charge in [0.25, 0.3) is 0 Å². The molecule has 1 N–H and O–H groups in total. The number of thiazole rings is 1. The molecule has 0 aliphatic rings. The Hall–Kier alpha value is -1.35. The number of para-hydroxylation sites is 1. The lowest BCUT2D eigenvalue weighted by molar-refractivity contribution is 0.396. The van der Waals surface area contributed by atoms with Crippen LogP contribution >= 0.6 is 35.3 Å². The lowest BCUT2D eigenvalue weighted by Crippen LogP contribution is -2.38. The molecule has 0 saturated heterocycles. The molecule has 0 atom stereocenters. The Bertz CT molecular complexity index is 660. The standard InChI is InChI=1S/C17H24N4OS.HI/c1-5-18-17(20-11-16-19-10-13(2)23-16)21(3)12-14-8-6-7-9-15(14)22-4;/h6-10H,5,11-12H2,1-4H3,(H,18,20);1H. The van der Waals surface area contributed by atoms with Crippen molar-refractivity contribution in [2.24, 2.45) is 4.99 Å². The van der Waals surface area contributed by atoms with E-state index in [1.54, 1.807) is 18.4 Å². The number of hydrogen-bond donors (Lipinski definition) is 1. The number of aryl methyl sites for hydroxylation is 1. The predicted octanol–water partition coefficient (Wildman–Crippen LogP) is 3.68. The maximum atomic E-state index is 5.42. The molecule has 132 valence electrons. The summed E-state index contributed by atoms with van der Waals surface area (Å²) in [5, 5.41) is 4.36. The Kier molecular flexibility index (Phi) is 9.05. The molecule has 2 rings (SSSR count). The van der Waals surface area contributed by atoms with E-state index in [-0.39, 0.29) is 24.0 Å². The summed E-state index contributed by atoms with van der Waals surface area (Å²) in [6, 6.07) is 8.05. The first kappa shape index (κ1) is 20.7. The number of benzene rings is 1. The Morgan fingerprint density at radius 3 is 2.75 bits per heavy atom. The summed E-state index contributed by atoms with van der Waals surface area (Å²) < 4.78 is 5.42. The third kappa shape index (κ3) is 5.94. The van der Waals surface area contributed by atoms with Crippen LogP contribution in [0.5, 0.6) is 5.75 Å². The second kappa shape index (κ2) is 10.5. The van der Waals surface area contributed by atoms with Gasteiger partial charge in [-0.3, -0.25) is 0 Å². The zero-order chi connectivity index (χ0) is 16.7. The van der Waals surface area contributed by atoms with Crippen molar-refractivity contribution < 1.29 is 4.74 Å². The first-order valence-corrected chi connectivity index (χ1v) is 8.48. The third-order valence-electron chi connectivity index (χ3n) is 3.33. The molecule has 5 nitrogen and oxygen atoms in total.